The Labute approximate surface area is 148 Å². The highest BCUT2D eigenvalue weighted by Crippen LogP contribution is 2.20. The zero-order valence-corrected chi connectivity index (χ0v) is 15.6. The lowest BCUT2D eigenvalue weighted by Crippen LogP contribution is -2.28. The first-order valence-corrected chi connectivity index (χ1v) is 8.91. The number of hydrogen-bond acceptors (Lipinski definition) is 4. The van der Waals surface area contributed by atoms with Gasteiger partial charge in [-0.3, -0.25) is 4.79 Å². The fourth-order valence-electron chi connectivity index (χ4n) is 2.01. The van der Waals surface area contributed by atoms with Crippen molar-refractivity contribution in [1.82, 2.24) is 19.7 Å². The van der Waals surface area contributed by atoms with Crippen LogP contribution in [-0.4, -0.2) is 38.4 Å². The van der Waals surface area contributed by atoms with Crippen molar-refractivity contribution in [3.05, 3.63) is 52.8 Å². The van der Waals surface area contributed by atoms with E-state index in [0.717, 1.165) is 21.0 Å². The molecule has 1 aromatic carbocycles. The van der Waals surface area contributed by atoms with Crippen molar-refractivity contribution < 1.29 is 4.79 Å². The summed E-state index contributed by atoms with van der Waals surface area (Å²) in [6.45, 7) is 6.83. The van der Waals surface area contributed by atoms with Crippen LogP contribution < -0.4 is 0 Å². The predicted octanol–water partition coefficient (Wildman–Crippen LogP) is 3.29. The van der Waals surface area contributed by atoms with Gasteiger partial charge in [0.25, 0.3) is 0 Å². The van der Waals surface area contributed by atoms with E-state index in [0.29, 0.717) is 18.8 Å². The zero-order chi connectivity index (χ0) is 16.8. The van der Waals surface area contributed by atoms with Crippen molar-refractivity contribution in [2.24, 2.45) is 0 Å². The van der Waals surface area contributed by atoms with Crippen molar-refractivity contribution in [3.8, 4) is 0 Å². The van der Waals surface area contributed by atoms with Crippen molar-refractivity contribution in [1.29, 1.82) is 0 Å². The fourth-order valence-corrected chi connectivity index (χ4v) is 3.36. The second kappa shape index (κ2) is 8.31. The van der Waals surface area contributed by atoms with Crippen LogP contribution in [-0.2, 0) is 17.9 Å². The molecular formula is C16H19BrN4OS. The molecule has 0 saturated carbocycles. The van der Waals surface area contributed by atoms with E-state index >= 15 is 0 Å². The summed E-state index contributed by atoms with van der Waals surface area (Å²) in [5.74, 6) is 1.20. The average molecular weight is 395 g/mol. The molecule has 0 N–H and O–H groups in total. The molecule has 0 spiro atoms. The van der Waals surface area contributed by atoms with Gasteiger partial charge in [0.05, 0.1) is 5.75 Å². The minimum Gasteiger partial charge on any atom is -0.341 e. The SMILES string of the molecule is C=CCn1c(C)nnc1SCC(=O)N(C)Cc1ccccc1Br. The number of hydrogen-bond donors (Lipinski definition) is 0. The summed E-state index contributed by atoms with van der Waals surface area (Å²) in [7, 11) is 1.81. The number of amides is 1. The summed E-state index contributed by atoms with van der Waals surface area (Å²) in [5, 5.41) is 8.91. The molecule has 1 aromatic heterocycles. The van der Waals surface area contributed by atoms with Gasteiger partial charge in [-0.15, -0.1) is 16.8 Å². The topological polar surface area (TPSA) is 51.0 Å². The lowest BCUT2D eigenvalue weighted by molar-refractivity contribution is -0.127. The summed E-state index contributed by atoms with van der Waals surface area (Å²) in [4.78, 5) is 14.0. The number of carbonyl (C=O) groups is 1. The van der Waals surface area contributed by atoms with Gasteiger partial charge in [-0.25, -0.2) is 0 Å². The summed E-state index contributed by atoms with van der Waals surface area (Å²) in [5.41, 5.74) is 1.08. The second-order valence-corrected chi connectivity index (χ2v) is 6.86. The maximum Gasteiger partial charge on any atom is 0.233 e. The van der Waals surface area contributed by atoms with Crippen LogP contribution in [0.3, 0.4) is 0 Å². The Balaban J connectivity index is 1.94. The Bertz CT molecular complexity index is 701. The van der Waals surface area contributed by atoms with E-state index in [9.17, 15) is 4.79 Å². The molecule has 0 aliphatic rings. The van der Waals surface area contributed by atoms with Gasteiger partial charge in [0.15, 0.2) is 5.16 Å². The minimum atomic E-state index is 0.0524. The Morgan fingerprint density at radius 3 is 2.87 bits per heavy atom. The van der Waals surface area contributed by atoms with Gasteiger partial charge >= 0.3 is 0 Å². The molecule has 0 fully saturated rings. The molecule has 0 radical (unpaired) electrons. The predicted molar refractivity (Wildman–Crippen MR) is 96.3 cm³/mol. The first-order chi connectivity index (χ1) is 11.0. The third-order valence-electron chi connectivity index (χ3n) is 3.33. The first-order valence-electron chi connectivity index (χ1n) is 7.13. The van der Waals surface area contributed by atoms with Gasteiger partial charge in [0.2, 0.25) is 5.91 Å². The Kier molecular flexibility index (Phi) is 6.41. The van der Waals surface area contributed by atoms with Crippen LogP contribution in [0.15, 0.2) is 46.5 Å². The molecule has 5 nitrogen and oxygen atoms in total. The van der Waals surface area contributed by atoms with Crippen LogP contribution in [0.2, 0.25) is 0 Å². The van der Waals surface area contributed by atoms with E-state index in [1.54, 1.807) is 11.0 Å². The Hall–Kier alpha value is -1.60. The van der Waals surface area contributed by atoms with E-state index in [2.05, 4.69) is 32.7 Å². The summed E-state index contributed by atoms with van der Waals surface area (Å²) in [6, 6.07) is 7.90. The van der Waals surface area contributed by atoms with Crippen molar-refractivity contribution in [3.63, 3.8) is 0 Å². The van der Waals surface area contributed by atoms with Gasteiger partial charge in [0.1, 0.15) is 5.82 Å². The van der Waals surface area contributed by atoms with Gasteiger partial charge in [-0.1, -0.05) is 52.0 Å². The molecule has 122 valence electrons. The summed E-state index contributed by atoms with van der Waals surface area (Å²) < 4.78 is 2.95. The van der Waals surface area contributed by atoms with Crippen LogP contribution in [0.5, 0.6) is 0 Å². The quantitative estimate of drug-likeness (QED) is 0.533. The van der Waals surface area contributed by atoms with Gasteiger partial charge in [-0.05, 0) is 18.6 Å². The van der Waals surface area contributed by atoms with E-state index < -0.39 is 0 Å². The molecule has 2 rings (SSSR count). The molecule has 0 aliphatic heterocycles. The van der Waals surface area contributed by atoms with Crippen LogP contribution in [0.25, 0.3) is 0 Å². The zero-order valence-electron chi connectivity index (χ0n) is 13.2. The molecule has 1 heterocycles. The number of carbonyl (C=O) groups excluding carboxylic acids is 1. The third-order valence-corrected chi connectivity index (χ3v) is 5.05. The molecule has 2 aromatic rings. The highest BCUT2D eigenvalue weighted by Gasteiger charge is 2.14. The average Bonchev–Trinajstić information content (AvgIpc) is 2.88. The molecule has 0 aliphatic carbocycles. The van der Waals surface area contributed by atoms with Crippen LogP contribution in [0.4, 0.5) is 0 Å². The first kappa shape index (κ1) is 17.7. The van der Waals surface area contributed by atoms with Gasteiger partial charge in [-0.2, -0.15) is 0 Å². The maximum atomic E-state index is 12.3. The third kappa shape index (κ3) is 4.68. The number of nitrogens with zero attached hydrogens (tertiary/aromatic N) is 4. The Morgan fingerprint density at radius 2 is 2.17 bits per heavy atom. The van der Waals surface area contributed by atoms with Crippen LogP contribution in [0.1, 0.15) is 11.4 Å². The fraction of sp³-hybridized carbons (Fsp3) is 0.312. The van der Waals surface area contributed by atoms with E-state index in [-0.39, 0.29) is 5.91 Å². The smallest absolute Gasteiger partial charge is 0.233 e. The van der Waals surface area contributed by atoms with E-state index in [1.807, 2.05) is 42.8 Å². The molecule has 23 heavy (non-hydrogen) atoms. The summed E-state index contributed by atoms with van der Waals surface area (Å²) in [6.07, 6.45) is 1.79. The molecule has 0 unspecified atom stereocenters. The number of thioether (sulfide) groups is 1. The molecule has 1 amide bonds. The molecule has 7 heteroatoms. The maximum absolute atomic E-state index is 12.3. The minimum absolute atomic E-state index is 0.0524. The van der Waals surface area contributed by atoms with Crippen LogP contribution in [0, 0.1) is 6.92 Å². The summed E-state index contributed by atoms with van der Waals surface area (Å²) >= 11 is 4.90. The molecule has 0 saturated heterocycles. The van der Waals surface area contributed by atoms with Gasteiger partial charge < -0.3 is 9.47 Å². The van der Waals surface area contributed by atoms with Crippen molar-refractivity contribution >= 4 is 33.6 Å². The van der Waals surface area contributed by atoms with Crippen molar-refractivity contribution in [2.45, 2.75) is 25.2 Å². The lowest BCUT2D eigenvalue weighted by atomic mass is 10.2. The normalized spacial score (nSPS) is 10.6. The number of halogens is 1. The molecule has 0 bridgehead atoms. The Morgan fingerprint density at radius 1 is 1.43 bits per heavy atom. The van der Waals surface area contributed by atoms with Crippen LogP contribution >= 0.6 is 27.7 Å². The lowest BCUT2D eigenvalue weighted by Gasteiger charge is -2.18. The van der Waals surface area contributed by atoms with E-state index in [4.69, 9.17) is 0 Å². The number of aryl methyl sites for hydroxylation is 1. The number of rotatable bonds is 7. The highest BCUT2D eigenvalue weighted by atomic mass is 79.9. The standard InChI is InChI=1S/C16H19BrN4OS/c1-4-9-21-12(2)18-19-16(21)23-11-15(22)20(3)10-13-7-5-6-8-14(13)17/h4-8H,1,9-11H2,2-3H3. The number of allylic oxidation sites excluding steroid dienone is 1. The van der Waals surface area contributed by atoms with Gasteiger partial charge in [0, 0.05) is 24.6 Å². The molecule has 0 atom stereocenters. The number of aromatic nitrogens is 3. The monoisotopic (exact) mass is 394 g/mol. The molecular weight excluding hydrogens is 376 g/mol. The van der Waals surface area contributed by atoms with Crippen molar-refractivity contribution in [2.75, 3.05) is 12.8 Å². The number of benzene rings is 1. The second-order valence-electron chi connectivity index (χ2n) is 5.06. The largest absolute Gasteiger partial charge is 0.341 e. The van der Waals surface area contributed by atoms with E-state index in [1.165, 1.54) is 11.8 Å². The highest BCUT2D eigenvalue weighted by molar-refractivity contribution is 9.10.